The zero-order valence-electron chi connectivity index (χ0n) is 23.9. The minimum Gasteiger partial charge on any atom is -0.497 e. The Balaban J connectivity index is 1.85. The third-order valence-corrected chi connectivity index (χ3v) is 8.57. The fourth-order valence-corrected chi connectivity index (χ4v) is 6.06. The first-order valence-electron chi connectivity index (χ1n) is 13.3. The van der Waals surface area contributed by atoms with Gasteiger partial charge in [-0.05, 0) is 60.7 Å². The molecule has 2 atom stereocenters. The van der Waals surface area contributed by atoms with E-state index in [1.807, 2.05) is 69.3 Å². The normalized spacial score (nSPS) is 13.2. The van der Waals surface area contributed by atoms with Gasteiger partial charge in [-0.2, -0.15) is 4.31 Å². The van der Waals surface area contributed by atoms with E-state index in [1.165, 1.54) is 28.4 Å². The highest BCUT2D eigenvalue weighted by molar-refractivity contribution is 7.89. The van der Waals surface area contributed by atoms with Crippen LogP contribution in [0.25, 0.3) is 0 Å². The van der Waals surface area contributed by atoms with Gasteiger partial charge in [0.1, 0.15) is 11.5 Å². The number of para-hydroxylation sites is 1. The monoisotopic (exact) mass is 568 g/mol. The molecule has 1 amide bonds. The van der Waals surface area contributed by atoms with Gasteiger partial charge in [0.25, 0.3) is 5.91 Å². The Kier molecular flexibility index (Phi) is 11.1. The van der Waals surface area contributed by atoms with Gasteiger partial charge in [-0.3, -0.25) is 4.79 Å². The Labute approximate surface area is 238 Å². The quantitative estimate of drug-likeness (QED) is 0.314. The van der Waals surface area contributed by atoms with Crippen LogP contribution in [-0.2, 0) is 21.2 Å². The van der Waals surface area contributed by atoms with Crippen LogP contribution in [0.2, 0.25) is 0 Å². The van der Waals surface area contributed by atoms with Crippen molar-refractivity contribution in [3.8, 4) is 11.5 Å². The Morgan fingerprint density at radius 1 is 0.925 bits per heavy atom. The molecule has 0 heterocycles. The molecular weight excluding hydrogens is 528 g/mol. The van der Waals surface area contributed by atoms with Crippen LogP contribution in [0.15, 0.2) is 83.8 Å². The predicted octanol–water partition coefficient (Wildman–Crippen LogP) is 4.16. The minimum atomic E-state index is -3.93. The van der Waals surface area contributed by atoms with Gasteiger partial charge in [-0.25, -0.2) is 8.42 Å². The number of aliphatic hydroxyl groups is 1. The first kappa shape index (κ1) is 31.1. The number of amides is 1. The lowest BCUT2D eigenvalue weighted by molar-refractivity contribution is -0.136. The number of hydrogen-bond donors (Lipinski definition) is 1. The molecule has 0 radical (unpaired) electrons. The molecule has 0 aromatic heterocycles. The molecule has 0 bridgehead atoms. The molecule has 0 saturated heterocycles. The summed E-state index contributed by atoms with van der Waals surface area (Å²) in [4.78, 5) is 14.8. The van der Waals surface area contributed by atoms with Crippen molar-refractivity contribution >= 4 is 15.9 Å². The number of hydrogen-bond acceptors (Lipinski definition) is 6. The van der Waals surface area contributed by atoms with Crippen molar-refractivity contribution in [1.29, 1.82) is 0 Å². The Morgan fingerprint density at radius 3 is 2.15 bits per heavy atom. The van der Waals surface area contributed by atoms with Crippen LogP contribution >= 0.6 is 0 Å². The molecule has 3 rings (SSSR count). The van der Waals surface area contributed by atoms with E-state index in [4.69, 9.17) is 9.47 Å². The Bertz CT molecular complexity index is 1330. The van der Waals surface area contributed by atoms with Crippen LogP contribution in [-0.4, -0.2) is 74.6 Å². The molecule has 0 saturated carbocycles. The predicted molar refractivity (Wildman–Crippen MR) is 156 cm³/mol. The minimum absolute atomic E-state index is 0.00895. The maximum atomic E-state index is 13.7. The molecule has 9 heteroatoms. The van der Waals surface area contributed by atoms with Gasteiger partial charge in [0.2, 0.25) is 10.0 Å². The number of carbonyl (C=O) groups excluding carboxylic acids is 1. The average molecular weight is 569 g/mol. The van der Waals surface area contributed by atoms with Gasteiger partial charge >= 0.3 is 0 Å². The van der Waals surface area contributed by atoms with E-state index < -0.39 is 22.2 Å². The highest BCUT2D eigenvalue weighted by atomic mass is 32.2. The number of aryl methyl sites for hydroxylation is 1. The highest BCUT2D eigenvalue weighted by Crippen LogP contribution is 2.23. The van der Waals surface area contributed by atoms with E-state index in [1.54, 1.807) is 25.2 Å². The van der Waals surface area contributed by atoms with E-state index >= 15 is 0 Å². The summed E-state index contributed by atoms with van der Waals surface area (Å²) in [6.45, 7) is 5.56. The molecule has 40 heavy (non-hydrogen) atoms. The lowest BCUT2D eigenvalue weighted by Gasteiger charge is -2.35. The van der Waals surface area contributed by atoms with Crippen molar-refractivity contribution in [2.75, 3.05) is 33.9 Å². The van der Waals surface area contributed by atoms with Crippen molar-refractivity contribution in [3.63, 3.8) is 0 Å². The summed E-state index contributed by atoms with van der Waals surface area (Å²) in [5.74, 6) is 0.842. The summed E-state index contributed by atoms with van der Waals surface area (Å²) in [5.41, 5.74) is 1.83. The molecule has 0 spiro atoms. The van der Waals surface area contributed by atoms with Crippen LogP contribution in [0.5, 0.6) is 11.5 Å². The molecule has 3 aromatic carbocycles. The first-order chi connectivity index (χ1) is 19.0. The van der Waals surface area contributed by atoms with Gasteiger partial charge in [0.05, 0.1) is 24.2 Å². The zero-order chi connectivity index (χ0) is 29.3. The van der Waals surface area contributed by atoms with Gasteiger partial charge in [-0.15, -0.1) is 0 Å². The first-order valence-corrected chi connectivity index (χ1v) is 14.8. The third-order valence-electron chi connectivity index (χ3n) is 6.72. The van der Waals surface area contributed by atoms with Crippen molar-refractivity contribution in [2.45, 2.75) is 44.2 Å². The summed E-state index contributed by atoms with van der Waals surface area (Å²) in [6.07, 6.45) is -0.827. The fourth-order valence-electron chi connectivity index (χ4n) is 4.44. The Morgan fingerprint density at radius 2 is 1.55 bits per heavy atom. The number of benzene rings is 3. The van der Waals surface area contributed by atoms with Crippen molar-refractivity contribution in [3.05, 3.63) is 90.0 Å². The number of nitrogens with zero attached hydrogens (tertiary/aromatic N) is 2. The van der Waals surface area contributed by atoms with Crippen molar-refractivity contribution in [2.24, 2.45) is 5.92 Å². The van der Waals surface area contributed by atoms with Crippen LogP contribution in [0.1, 0.15) is 25.0 Å². The molecule has 8 nitrogen and oxygen atoms in total. The average Bonchev–Trinajstić information content (AvgIpc) is 2.94. The van der Waals surface area contributed by atoms with E-state index in [-0.39, 0.29) is 36.4 Å². The lowest BCUT2D eigenvalue weighted by Crippen LogP contribution is -2.52. The highest BCUT2D eigenvalue weighted by Gasteiger charge is 2.33. The molecule has 1 N–H and O–H groups in total. The molecule has 3 aromatic rings. The SMILES string of the molecule is COc1ccc(S(=O)(=O)N(CC(C)C)C[C@@H](O)[C@H](Cc2ccccc2)N(C)C(=O)COc2ccccc2C)cc1. The second kappa shape index (κ2) is 14.3. The summed E-state index contributed by atoms with van der Waals surface area (Å²) in [6, 6.07) is 22.4. The summed E-state index contributed by atoms with van der Waals surface area (Å²) in [7, 11) is -0.798. The van der Waals surface area contributed by atoms with E-state index in [9.17, 15) is 18.3 Å². The summed E-state index contributed by atoms with van der Waals surface area (Å²) >= 11 is 0. The van der Waals surface area contributed by atoms with Gasteiger partial charge in [0.15, 0.2) is 6.61 Å². The van der Waals surface area contributed by atoms with E-state index in [0.717, 1.165) is 11.1 Å². The molecule has 0 aliphatic carbocycles. The number of carbonyl (C=O) groups is 1. The number of rotatable bonds is 14. The number of likely N-dealkylation sites (N-methyl/N-ethyl adjacent to an activating group) is 1. The molecule has 0 aliphatic heterocycles. The largest absolute Gasteiger partial charge is 0.497 e. The molecule has 216 valence electrons. The van der Waals surface area contributed by atoms with Crippen LogP contribution in [0.3, 0.4) is 0 Å². The Hall–Kier alpha value is -3.40. The van der Waals surface area contributed by atoms with E-state index in [0.29, 0.717) is 17.9 Å². The second-order valence-electron chi connectivity index (χ2n) is 10.3. The van der Waals surface area contributed by atoms with Gasteiger partial charge in [-0.1, -0.05) is 62.4 Å². The van der Waals surface area contributed by atoms with Gasteiger partial charge in [0, 0.05) is 20.1 Å². The standard InChI is InChI=1S/C31H40N2O6S/c1-23(2)20-33(40(36,37)27-17-15-26(38-5)16-18-27)21-29(34)28(19-25-12-7-6-8-13-25)32(4)31(35)22-39-30-14-10-9-11-24(30)3/h6-18,23,28-29,34H,19-22H2,1-5H3/t28-,29+/m0/s1. The van der Waals surface area contributed by atoms with E-state index in [2.05, 4.69) is 0 Å². The fraction of sp³-hybridized carbons (Fsp3) is 0.387. The van der Waals surface area contributed by atoms with Crippen LogP contribution in [0, 0.1) is 12.8 Å². The third kappa shape index (κ3) is 8.30. The number of methoxy groups -OCH3 is 1. The zero-order valence-corrected chi connectivity index (χ0v) is 24.7. The second-order valence-corrected chi connectivity index (χ2v) is 12.2. The smallest absolute Gasteiger partial charge is 0.260 e. The molecule has 0 aliphatic rings. The maximum absolute atomic E-state index is 13.7. The number of sulfonamides is 1. The maximum Gasteiger partial charge on any atom is 0.260 e. The molecular formula is C31H40N2O6S. The summed E-state index contributed by atoms with van der Waals surface area (Å²) < 4.78 is 39.5. The molecule has 0 fully saturated rings. The topological polar surface area (TPSA) is 96.4 Å². The number of aliphatic hydroxyl groups excluding tert-OH is 1. The van der Waals surface area contributed by atoms with Gasteiger partial charge < -0.3 is 19.5 Å². The van der Waals surface area contributed by atoms with Crippen LogP contribution < -0.4 is 9.47 Å². The summed E-state index contributed by atoms with van der Waals surface area (Å²) in [5, 5.41) is 11.5. The lowest BCUT2D eigenvalue weighted by atomic mass is 9.99. The van der Waals surface area contributed by atoms with Crippen LogP contribution in [0.4, 0.5) is 0 Å². The number of ether oxygens (including phenoxy) is 2. The van der Waals surface area contributed by atoms with Crippen molar-refractivity contribution in [1.82, 2.24) is 9.21 Å². The van der Waals surface area contributed by atoms with Crippen molar-refractivity contribution < 1.29 is 27.8 Å². The molecule has 0 unspecified atom stereocenters.